The summed E-state index contributed by atoms with van der Waals surface area (Å²) in [5.74, 6) is 0.440. The standard InChI is InChI=1S/C20H26N2O4S/c1-2-27(24,25)22-12-5-8-18(15-22)20(23)21-11-13-26-19-10-9-16-6-3-4-7-17(16)14-19/h3-4,6-7,9-10,14,18H,2,5,8,11-13,15H2,1H3,(H,21,23). The van der Waals surface area contributed by atoms with Crippen molar-refractivity contribution in [3.63, 3.8) is 0 Å². The number of sulfonamides is 1. The summed E-state index contributed by atoms with van der Waals surface area (Å²) in [6.45, 7) is 3.16. The maximum atomic E-state index is 12.4. The molecule has 0 bridgehead atoms. The Hall–Kier alpha value is -2.12. The highest BCUT2D eigenvalue weighted by atomic mass is 32.2. The van der Waals surface area contributed by atoms with Crippen LogP contribution in [-0.4, -0.2) is 50.6 Å². The first kappa shape index (κ1) is 19.6. The molecule has 0 radical (unpaired) electrons. The Morgan fingerprint density at radius 1 is 1.22 bits per heavy atom. The Bertz CT molecular complexity index is 898. The Kier molecular flexibility index (Phi) is 6.34. The topological polar surface area (TPSA) is 75.7 Å². The number of benzene rings is 2. The zero-order valence-corrected chi connectivity index (χ0v) is 16.4. The predicted octanol–water partition coefficient (Wildman–Crippen LogP) is 2.40. The van der Waals surface area contributed by atoms with Gasteiger partial charge in [-0.1, -0.05) is 30.3 Å². The molecule has 1 saturated heterocycles. The molecule has 6 nitrogen and oxygen atoms in total. The number of nitrogens with one attached hydrogen (secondary N) is 1. The van der Waals surface area contributed by atoms with E-state index in [0.717, 1.165) is 16.5 Å². The van der Waals surface area contributed by atoms with E-state index in [1.165, 1.54) is 4.31 Å². The van der Waals surface area contributed by atoms with Crippen LogP contribution in [0.4, 0.5) is 0 Å². The van der Waals surface area contributed by atoms with Crippen molar-refractivity contribution < 1.29 is 17.9 Å². The molecule has 3 rings (SSSR count). The second-order valence-electron chi connectivity index (χ2n) is 6.75. The molecule has 0 spiro atoms. The molecular weight excluding hydrogens is 364 g/mol. The van der Waals surface area contributed by atoms with Crippen LogP contribution >= 0.6 is 0 Å². The normalized spacial score (nSPS) is 18.3. The minimum atomic E-state index is -3.24. The van der Waals surface area contributed by atoms with E-state index in [1.54, 1.807) is 6.92 Å². The van der Waals surface area contributed by atoms with Crippen LogP contribution in [0.3, 0.4) is 0 Å². The van der Waals surface area contributed by atoms with Gasteiger partial charge < -0.3 is 10.1 Å². The van der Waals surface area contributed by atoms with Crippen LogP contribution in [0, 0.1) is 5.92 Å². The minimum Gasteiger partial charge on any atom is -0.492 e. The lowest BCUT2D eigenvalue weighted by Gasteiger charge is -2.30. The van der Waals surface area contributed by atoms with Crippen molar-refractivity contribution in [2.24, 2.45) is 5.92 Å². The Morgan fingerprint density at radius 2 is 2.00 bits per heavy atom. The number of nitrogens with zero attached hydrogens (tertiary/aromatic N) is 1. The molecular formula is C20H26N2O4S. The molecule has 0 aliphatic carbocycles. The molecule has 0 aromatic heterocycles. The fraction of sp³-hybridized carbons (Fsp3) is 0.450. The minimum absolute atomic E-state index is 0.0704. The van der Waals surface area contributed by atoms with Crippen molar-refractivity contribution in [2.45, 2.75) is 19.8 Å². The highest BCUT2D eigenvalue weighted by Crippen LogP contribution is 2.21. The first-order valence-electron chi connectivity index (χ1n) is 9.37. The first-order valence-corrected chi connectivity index (χ1v) is 11.0. The molecule has 1 N–H and O–H groups in total. The third-order valence-electron chi connectivity index (χ3n) is 4.90. The molecule has 1 aliphatic rings. The van der Waals surface area contributed by atoms with E-state index in [9.17, 15) is 13.2 Å². The van der Waals surface area contributed by atoms with Gasteiger partial charge in [-0.05, 0) is 42.7 Å². The van der Waals surface area contributed by atoms with Gasteiger partial charge in [-0.3, -0.25) is 4.79 Å². The molecule has 2 aromatic rings. The molecule has 146 valence electrons. The van der Waals surface area contributed by atoms with Crippen molar-refractivity contribution in [2.75, 3.05) is 32.0 Å². The highest BCUT2D eigenvalue weighted by molar-refractivity contribution is 7.89. The molecule has 7 heteroatoms. The SMILES string of the molecule is CCS(=O)(=O)N1CCCC(C(=O)NCCOc2ccc3ccccc3c2)C1. The smallest absolute Gasteiger partial charge is 0.224 e. The Morgan fingerprint density at radius 3 is 2.78 bits per heavy atom. The van der Waals surface area contributed by atoms with Crippen molar-refractivity contribution in [3.8, 4) is 5.75 Å². The fourth-order valence-corrected chi connectivity index (χ4v) is 4.52. The number of fused-ring (bicyclic) bond motifs is 1. The average molecular weight is 391 g/mol. The molecule has 27 heavy (non-hydrogen) atoms. The molecule has 2 aromatic carbocycles. The quantitative estimate of drug-likeness (QED) is 0.737. The molecule has 1 heterocycles. The summed E-state index contributed by atoms with van der Waals surface area (Å²) < 4.78 is 31.2. The van der Waals surface area contributed by atoms with Gasteiger partial charge in [0, 0.05) is 13.1 Å². The van der Waals surface area contributed by atoms with Gasteiger partial charge in [-0.25, -0.2) is 12.7 Å². The Labute approximate surface area is 160 Å². The maximum Gasteiger partial charge on any atom is 0.224 e. The van der Waals surface area contributed by atoms with Gasteiger partial charge in [0.15, 0.2) is 0 Å². The lowest BCUT2D eigenvalue weighted by molar-refractivity contribution is -0.126. The number of hydrogen-bond acceptors (Lipinski definition) is 4. The second kappa shape index (κ2) is 8.71. The fourth-order valence-electron chi connectivity index (χ4n) is 3.34. The van der Waals surface area contributed by atoms with Crippen molar-refractivity contribution in [1.29, 1.82) is 0 Å². The van der Waals surface area contributed by atoms with Crippen LogP contribution in [0.2, 0.25) is 0 Å². The molecule has 1 aliphatic heterocycles. The van der Waals surface area contributed by atoms with Gasteiger partial charge in [-0.2, -0.15) is 0 Å². The van der Waals surface area contributed by atoms with Crippen molar-refractivity contribution >= 4 is 26.7 Å². The van der Waals surface area contributed by atoms with Gasteiger partial charge in [0.1, 0.15) is 12.4 Å². The van der Waals surface area contributed by atoms with E-state index < -0.39 is 10.0 Å². The summed E-state index contributed by atoms with van der Waals surface area (Å²) in [5, 5.41) is 5.13. The van der Waals surface area contributed by atoms with E-state index >= 15 is 0 Å². The summed E-state index contributed by atoms with van der Waals surface area (Å²) in [7, 11) is -3.24. The van der Waals surface area contributed by atoms with E-state index in [4.69, 9.17) is 4.74 Å². The van der Waals surface area contributed by atoms with E-state index in [2.05, 4.69) is 5.32 Å². The third-order valence-corrected chi connectivity index (χ3v) is 6.75. The zero-order chi connectivity index (χ0) is 19.3. The van der Waals surface area contributed by atoms with Crippen LogP contribution in [0.15, 0.2) is 42.5 Å². The lowest BCUT2D eigenvalue weighted by Crippen LogP contribution is -2.46. The monoisotopic (exact) mass is 390 g/mol. The van der Waals surface area contributed by atoms with E-state index in [1.807, 2.05) is 42.5 Å². The summed E-state index contributed by atoms with van der Waals surface area (Å²) in [4.78, 5) is 12.4. The molecule has 1 atom stereocenters. The molecule has 1 amide bonds. The third kappa shape index (κ3) is 4.99. The zero-order valence-electron chi connectivity index (χ0n) is 15.6. The van der Waals surface area contributed by atoms with Gasteiger partial charge in [0.2, 0.25) is 15.9 Å². The first-order chi connectivity index (χ1) is 13.0. The Balaban J connectivity index is 1.46. The second-order valence-corrected chi connectivity index (χ2v) is 9.00. The number of carbonyl (C=O) groups excluding carboxylic acids is 1. The van der Waals surface area contributed by atoms with Gasteiger partial charge in [-0.15, -0.1) is 0 Å². The molecule has 0 saturated carbocycles. The van der Waals surface area contributed by atoms with Gasteiger partial charge >= 0.3 is 0 Å². The summed E-state index contributed by atoms with van der Waals surface area (Å²) >= 11 is 0. The number of piperidine rings is 1. The van der Waals surface area contributed by atoms with Crippen LogP contribution in [0.1, 0.15) is 19.8 Å². The number of carbonyl (C=O) groups is 1. The van der Waals surface area contributed by atoms with Crippen molar-refractivity contribution in [3.05, 3.63) is 42.5 Å². The molecule has 1 fully saturated rings. The van der Waals surface area contributed by atoms with E-state index in [-0.39, 0.29) is 24.1 Å². The number of hydrogen-bond donors (Lipinski definition) is 1. The molecule has 1 unspecified atom stereocenters. The summed E-state index contributed by atoms with van der Waals surface area (Å²) in [6.07, 6.45) is 1.43. The predicted molar refractivity (Wildman–Crippen MR) is 106 cm³/mol. The average Bonchev–Trinajstić information content (AvgIpc) is 2.71. The maximum absolute atomic E-state index is 12.4. The lowest BCUT2D eigenvalue weighted by atomic mass is 9.99. The number of rotatable bonds is 7. The van der Waals surface area contributed by atoms with Crippen LogP contribution in [0.5, 0.6) is 5.75 Å². The summed E-state index contributed by atoms with van der Waals surface area (Å²) in [6, 6.07) is 14.0. The number of ether oxygens (including phenoxy) is 1. The van der Waals surface area contributed by atoms with Crippen LogP contribution < -0.4 is 10.1 Å². The largest absolute Gasteiger partial charge is 0.492 e. The van der Waals surface area contributed by atoms with Gasteiger partial charge in [0.25, 0.3) is 0 Å². The van der Waals surface area contributed by atoms with E-state index in [0.29, 0.717) is 32.5 Å². The van der Waals surface area contributed by atoms with Crippen LogP contribution in [0.25, 0.3) is 10.8 Å². The van der Waals surface area contributed by atoms with Crippen molar-refractivity contribution in [1.82, 2.24) is 9.62 Å². The highest BCUT2D eigenvalue weighted by Gasteiger charge is 2.31. The number of amides is 1. The summed E-state index contributed by atoms with van der Waals surface area (Å²) in [5.41, 5.74) is 0. The van der Waals surface area contributed by atoms with Crippen LogP contribution in [-0.2, 0) is 14.8 Å². The van der Waals surface area contributed by atoms with Gasteiger partial charge in [0.05, 0.1) is 18.2 Å².